The summed E-state index contributed by atoms with van der Waals surface area (Å²) >= 11 is 0.747. The van der Waals surface area contributed by atoms with E-state index < -0.39 is 17.0 Å². The zero-order chi connectivity index (χ0) is 23.2. The van der Waals surface area contributed by atoms with Crippen molar-refractivity contribution in [3.05, 3.63) is 70.4 Å². The monoisotopic (exact) mass is 468 g/mol. The van der Waals surface area contributed by atoms with E-state index in [0.29, 0.717) is 24.7 Å². The van der Waals surface area contributed by atoms with Crippen LogP contribution < -0.4 is 14.8 Å². The van der Waals surface area contributed by atoms with Gasteiger partial charge in [-0.1, -0.05) is 24.3 Å². The number of amides is 3. The van der Waals surface area contributed by atoms with Gasteiger partial charge in [0.1, 0.15) is 5.82 Å². The molecular formula is C24H21FN2O5S. The zero-order valence-corrected chi connectivity index (χ0v) is 18.4. The van der Waals surface area contributed by atoms with E-state index >= 15 is 0 Å². The van der Waals surface area contributed by atoms with E-state index in [1.165, 1.54) is 24.3 Å². The first-order valence-corrected chi connectivity index (χ1v) is 11.2. The number of imide groups is 1. The zero-order valence-electron chi connectivity index (χ0n) is 17.6. The van der Waals surface area contributed by atoms with Crippen LogP contribution in [0.15, 0.2) is 53.4 Å². The van der Waals surface area contributed by atoms with Crippen LogP contribution in [0.5, 0.6) is 11.5 Å². The molecule has 0 atom stereocenters. The molecule has 0 bridgehead atoms. The molecule has 7 nitrogen and oxygen atoms in total. The number of hydrogen-bond donors (Lipinski definition) is 1. The molecule has 0 aliphatic carbocycles. The van der Waals surface area contributed by atoms with Crippen molar-refractivity contribution < 1.29 is 28.2 Å². The maximum Gasteiger partial charge on any atom is 0.293 e. The summed E-state index contributed by atoms with van der Waals surface area (Å²) in [7, 11) is 0. The van der Waals surface area contributed by atoms with Crippen molar-refractivity contribution in [1.29, 1.82) is 0 Å². The van der Waals surface area contributed by atoms with Crippen LogP contribution in [-0.4, -0.2) is 48.3 Å². The van der Waals surface area contributed by atoms with Crippen molar-refractivity contribution in [3.8, 4) is 11.5 Å². The second-order valence-electron chi connectivity index (χ2n) is 7.24. The fourth-order valence-corrected chi connectivity index (χ4v) is 4.09. The van der Waals surface area contributed by atoms with Crippen molar-refractivity contribution in [3.63, 3.8) is 0 Å². The number of fused-ring (bicyclic) bond motifs is 1. The predicted octanol–water partition coefficient (Wildman–Crippen LogP) is 3.85. The van der Waals surface area contributed by atoms with Crippen LogP contribution in [0, 0.1) is 5.82 Å². The number of halogens is 1. The second kappa shape index (κ2) is 10.4. The van der Waals surface area contributed by atoms with Crippen LogP contribution >= 0.6 is 11.8 Å². The Morgan fingerprint density at radius 1 is 1.12 bits per heavy atom. The third-order valence-electron chi connectivity index (χ3n) is 4.90. The van der Waals surface area contributed by atoms with E-state index in [1.54, 1.807) is 30.3 Å². The molecule has 0 aromatic heterocycles. The van der Waals surface area contributed by atoms with Crippen molar-refractivity contribution in [2.75, 3.05) is 26.3 Å². The first kappa shape index (κ1) is 22.6. The highest BCUT2D eigenvalue weighted by atomic mass is 32.2. The Morgan fingerprint density at radius 2 is 1.91 bits per heavy atom. The van der Waals surface area contributed by atoms with Gasteiger partial charge < -0.3 is 14.8 Å². The summed E-state index contributed by atoms with van der Waals surface area (Å²) in [5.41, 5.74) is 1.01. The van der Waals surface area contributed by atoms with E-state index in [0.717, 1.165) is 28.6 Å². The van der Waals surface area contributed by atoms with Crippen molar-refractivity contribution in [2.45, 2.75) is 6.42 Å². The fourth-order valence-electron chi connectivity index (χ4n) is 3.23. The van der Waals surface area contributed by atoms with E-state index in [4.69, 9.17) is 9.47 Å². The molecule has 2 aromatic rings. The number of rotatable bonds is 6. The minimum absolute atomic E-state index is 0.0167. The largest absolute Gasteiger partial charge is 0.490 e. The number of nitrogens with zero attached hydrogens (tertiary/aromatic N) is 1. The molecule has 1 fully saturated rings. The normalized spacial score (nSPS) is 17.0. The summed E-state index contributed by atoms with van der Waals surface area (Å²) in [5.74, 6) is -0.0358. The van der Waals surface area contributed by atoms with Crippen molar-refractivity contribution in [1.82, 2.24) is 10.2 Å². The van der Waals surface area contributed by atoms with E-state index in [-0.39, 0.29) is 29.5 Å². The highest BCUT2D eigenvalue weighted by Crippen LogP contribution is 2.32. The Kier molecular flexibility index (Phi) is 7.09. The molecule has 33 heavy (non-hydrogen) atoms. The lowest BCUT2D eigenvalue weighted by Crippen LogP contribution is -2.36. The Bertz CT molecular complexity index is 1150. The smallest absolute Gasteiger partial charge is 0.293 e. The summed E-state index contributed by atoms with van der Waals surface area (Å²) in [4.78, 5) is 38.0. The Labute approximate surface area is 194 Å². The molecule has 2 aliphatic rings. The summed E-state index contributed by atoms with van der Waals surface area (Å²) in [6, 6.07) is 11.4. The molecule has 2 aromatic carbocycles. The number of ether oxygens (including phenoxy) is 2. The number of carbonyl (C=O) groups is 3. The summed E-state index contributed by atoms with van der Waals surface area (Å²) in [6.45, 7) is 1.29. The number of nitrogens with one attached hydrogen (secondary N) is 1. The quantitative estimate of drug-likeness (QED) is 0.649. The Morgan fingerprint density at radius 3 is 2.73 bits per heavy atom. The van der Waals surface area contributed by atoms with Crippen molar-refractivity contribution >= 4 is 41.0 Å². The summed E-state index contributed by atoms with van der Waals surface area (Å²) in [5, 5.41) is 2.19. The van der Waals surface area contributed by atoms with Crippen LogP contribution in [0.4, 0.5) is 9.18 Å². The van der Waals surface area contributed by atoms with Crippen LogP contribution in [0.3, 0.4) is 0 Å². The minimum Gasteiger partial charge on any atom is -0.490 e. The van der Waals surface area contributed by atoms with E-state index in [1.807, 2.05) is 6.07 Å². The van der Waals surface area contributed by atoms with Gasteiger partial charge in [-0.25, -0.2) is 4.39 Å². The van der Waals surface area contributed by atoms with Crippen LogP contribution in [0.25, 0.3) is 12.2 Å². The maximum absolute atomic E-state index is 13.8. The molecule has 1 N–H and O–H groups in total. The van der Waals surface area contributed by atoms with Crippen LogP contribution in [0.1, 0.15) is 17.5 Å². The Hall–Kier alpha value is -3.59. The van der Waals surface area contributed by atoms with Crippen molar-refractivity contribution in [2.24, 2.45) is 0 Å². The number of benzene rings is 2. The third-order valence-corrected chi connectivity index (χ3v) is 5.81. The topological polar surface area (TPSA) is 84.9 Å². The molecule has 2 aliphatic heterocycles. The number of carbonyl (C=O) groups excluding carboxylic acids is 3. The van der Waals surface area contributed by atoms with Gasteiger partial charge in [-0.15, -0.1) is 0 Å². The molecule has 4 rings (SSSR count). The predicted molar refractivity (Wildman–Crippen MR) is 123 cm³/mol. The van der Waals surface area contributed by atoms with E-state index in [2.05, 4.69) is 5.32 Å². The number of hydrogen-bond acceptors (Lipinski definition) is 6. The minimum atomic E-state index is -0.509. The average molecular weight is 469 g/mol. The molecule has 0 unspecified atom stereocenters. The van der Waals surface area contributed by atoms with Gasteiger partial charge in [0.25, 0.3) is 11.1 Å². The fraction of sp³-hybridized carbons (Fsp3) is 0.208. The van der Waals surface area contributed by atoms with Gasteiger partial charge in [0.15, 0.2) is 11.5 Å². The molecule has 170 valence electrons. The lowest BCUT2D eigenvalue weighted by Gasteiger charge is -2.12. The standard InChI is InChI=1S/C24H21FN2O5S/c25-18-5-2-1-4-17(18)15-21-23(29)27(24(30)33-21)11-10-26-22(28)9-7-16-6-8-19-20(14-16)32-13-3-12-31-19/h1-2,4-9,14-15H,3,10-13H2,(H,26,28)/b9-7+,21-15-. The number of thioether (sulfide) groups is 1. The van der Waals surface area contributed by atoms with Crippen LogP contribution in [0.2, 0.25) is 0 Å². The lowest BCUT2D eigenvalue weighted by atomic mass is 10.2. The lowest BCUT2D eigenvalue weighted by molar-refractivity contribution is -0.123. The summed E-state index contributed by atoms with van der Waals surface area (Å²) < 4.78 is 25.0. The summed E-state index contributed by atoms with van der Waals surface area (Å²) in [6.07, 6.45) is 5.17. The third kappa shape index (κ3) is 5.61. The average Bonchev–Trinajstić information content (AvgIpc) is 2.96. The molecule has 9 heteroatoms. The molecule has 3 amide bonds. The Balaban J connectivity index is 1.30. The van der Waals surface area contributed by atoms with Gasteiger partial charge in [0, 0.05) is 31.1 Å². The highest BCUT2D eigenvalue weighted by Gasteiger charge is 2.34. The molecule has 0 radical (unpaired) electrons. The van der Waals surface area contributed by atoms with Gasteiger partial charge >= 0.3 is 0 Å². The van der Waals surface area contributed by atoms with E-state index in [9.17, 15) is 18.8 Å². The van der Waals surface area contributed by atoms with Gasteiger partial charge in [0.05, 0.1) is 18.1 Å². The molecule has 1 saturated heterocycles. The van der Waals surface area contributed by atoms with Gasteiger partial charge in [0.2, 0.25) is 5.91 Å². The van der Waals surface area contributed by atoms with Gasteiger partial charge in [-0.2, -0.15) is 0 Å². The second-order valence-corrected chi connectivity index (χ2v) is 8.23. The molecule has 0 saturated carbocycles. The van der Waals surface area contributed by atoms with Gasteiger partial charge in [-0.3, -0.25) is 19.3 Å². The molecular weight excluding hydrogens is 447 g/mol. The maximum atomic E-state index is 13.8. The van der Waals surface area contributed by atoms with Crippen LogP contribution in [-0.2, 0) is 9.59 Å². The van der Waals surface area contributed by atoms with Gasteiger partial charge in [-0.05, 0) is 47.7 Å². The first-order valence-electron chi connectivity index (χ1n) is 10.4. The SMILES string of the molecule is O=C(/C=C/c1ccc2c(c1)OCCCO2)NCCN1C(=O)S/C(=C\c2ccccc2F)C1=O. The molecule has 2 heterocycles. The highest BCUT2D eigenvalue weighted by molar-refractivity contribution is 8.18. The first-order chi connectivity index (χ1) is 16.0. The molecule has 0 spiro atoms.